The molecule has 4 rings (SSSR count). The largest absolute Gasteiger partial charge is 0.337 e. The highest BCUT2D eigenvalue weighted by atomic mass is 35.5. The summed E-state index contributed by atoms with van der Waals surface area (Å²) in [5.41, 5.74) is 3.41. The van der Waals surface area contributed by atoms with E-state index in [1.807, 2.05) is 4.90 Å². The summed E-state index contributed by atoms with van der Waals surface area (Å²) in [7, 11) is 0. The molecule has 0 radical (unpaired) electrons. The van der Waals surface area contributed by atoms with Crippen molar-refractivity contribution in [1.29, 1.82) is 0 Å². The van der Waals surface area contributed by atoms with E-state index in [4.69, 9.17) is 23.2 Å². The van der Waals surface area contributed by atoms with Crippen LogP contribution in [0.15, 0.2) is 42.5 Å². The van der Waals surface area contributed by atoms with Crippen LogP contribution in [0.1, 0.15) is 27.9 Å². The molecule has 3 nitrogen and oxygen atoms in total. The Bertz CT molecular complexity index is 808. The lowest BCUT2D eigenvalue weighted by Gasteiger charge is -2.33. The lowest BCUT2D eigenvalue weighted by Crippen LogP contribution is -2.41. The number of hydrogen-bond donors (Lipinski definition) is 0. The minimum absolute atomic E-state index is 0.00146. The molecule has 1 atom stereocenters. The smallest absolute Gasteiger partial charge is 0.255 e. The van der Waals surface area contributed by atoms with Crippen molar-refractivity contribution in [2.24, 2.45) is 0 Å². The molecule has 0 bridgehead atoms. The highest BCUT2D eigenvalue weighted by Gasteiger charge is 2.32. The highest BCUT2D eigenvalue weighted by Crippen LogP contribution is 2.27. The fourth-order valence-electron chi connectivity index (χ4n) is 3.89. The van der Waals surface area contributed by atoms with Crippen molar-refractivity contribution in [1.82, 2.24) is 9.80 Å². The second-order valence-corrected chi connectivity index (χ2v) is 7.65. The molecule has 0 aromatic heterocycles. The molecule has 2 aliphatic rings. The molecule has 0 unspecified atom stereocenters. The van der Waals surface area contributed by atoms with E-state index in [1.165, 1.54) is 11.1 Å². The van der Waals surface area contributed by atoms with Gasteiger partial charge in [0.15, 0.2) is 0 Å². The summed E-state index contributed by atoms with van der Waals surface area (Å²) < 4.78 is 0. The van der Waals surface area contributed by atoms with Crippen LogP contribution in [0.25, 0.3) is 0 Å². The number of rotatable bonds is 2. The van der Waals surface area contributed by atoms with Gasteiger partial charge >= 0.3 is 0 Å². The summed E-state index contributed by atoms with van der Waals surface area (Å²) in [6.45, 7) is 3.58. The SMILES string of the molecule is O=C(c1ccc(Cl)cc1Cl)N1CC[C@H](N2CCc3ccccc3C2)C1. The van der Waals surface area contributed by atoms with E-state index in [2.05, 4.69) is 29.2 Å². The van der Waals surface area contributed by atoms with Crippen molar-refractivity contribution in [3.05, 3.63) is 69.2 Å². The van der Waals surface area contributed by atoms with E-state index in [0.717, 1.165) is 39.0 Å². The summed E-state index contributed by atoms with van der Waals surface area (Å²) >= 11 is 12.1. The average Bonchev–Trinajstić information content (AvgIpc) is 3.11. The van der Waals surface area contributed by atoms with Crippen molar-refractivity contribution < 1.29 is 4.79 Å². The standard InChI is InChI=1S/C20H20Cl2N2O/c21-16-5-6-18(19(22)11-16)20(25)24-10-8-17(13-24)23-9-7-14-3-1-2-4-15(14)12-23/h1-6,11,17H,7-10,12-13H2/t17-/m0/s1. The van der Waals surface area contributed by atoms with Crippen molar-refractivity contribution in [2.45, 2.75) is 25.4 Å². The Morgan fingerprint density at radius 1 is 1.04 bits per heavy atom. The fourth-order valence-corrected chi connectivity index (χ4v) is 4.38. The predicted molar refractivity (Wildman–Crippen MR) is 101 cm³/mol. The van der Waals surface area contributed by atoms with Crippen LogP contribution in [0.5, 0.6) is 0 Å². The Morgan fingerprint density at radius 3 is 2.64 bits per heavy atom. The number of hydrogen-bond acceptors (Lipinski definition) is 2. The molecule has 0 aliphatic carbocycles. The first kappa shape index (κ1) is 16.9. The van der Waals surface area contributed by atoms with E-state index in [1.54, 1.807) is 18.2 Å². The Labute approximate surface area is 158 Å². The average molecular weight is 375 g/mol. The predicted octanol–water partition coefficient (Wildman–Crippen LogP) is 4.27. The third kappa shape index (κ3) is 3.41. The van der Waals surface area contributed by atoms with Gasteiger partial charge in [0.1, 0.15) is 0 Å². The van der Waals surface area contributed by atoms with E-state index < -0.39 is 0 Å². The Kier molecular flexibility index (Phi) is 4.72. The molecule has 1 saturated heterocycles. The van der Waals surface area contributed by atoms with Gasteiger partial charge < -0.3 is 4.90 Å². The molecular formula is C20H20Cl2N2O. The molecule has 1 fully saturated rings. The first-order valence-corrected chi connectivity index (χ1v) is 9.42. The van der Waals surface area contributed by atoms with E-state index >= 15 is 0 Å². The second kappa shape index (κ2) is 6.99. The molecular weight excluding hydrogens is 355 g/mol. The molecule has 2 aromatic rings. The molecule has 1 amide bonds. The maximum Gasteiger partial charge on any atom is 0.255 e. The zero-order chi connectivity index (χ0) is 17.4. The summed E-state index contributed by atoms with van der Waals surface area (Å²) in [4.78, 5) is 17.2. The maximum atomic E-state index is 12.8. The number of halogens is 2. The second-order valence-electron chi connectivity index (χ2n) is 6.81. The number of carbonyl (C=O) groups is 1. The van der Waals surface area contributed by atoms with Crippen LogP contribution >= 0.6 is 23.2 Å². The van der Waals surface area contributed by atoms with Gasteiger partial charge in [0.25, 0.3) is 5.91 Å². The molecule has 2 heterocycles. The molecule has 2 aliphatic heterocycles. The number of nitrogens with zero attached hydrogens (tertiary/aromatic N) is 2. The Morgan fingerprint density at radius 2 is 1.84 bits per heavy atom. The van der Waals surface area contributed by atoms with E-state index in [9.17, 15) is 4.79 Å². The minimum atomic E-state index is 0.00146. The molecule has 130 valence electrons. The Hall–Kier alpha value is -1.55. The molecule has 0 saturated carbocycles. The van der Waals surface area contributed by atoms with Gasteiger partial charge in [-0.15, -0.1) is 0 Å². The fraction of sp³-hybridized carbons (Fsp3) is 0.350. The first-order chi connectivity index (χ1) is 12.1. The molecule has 0 spiro atoms. The lowest BCUT2D eigenvalue weighted by molar-refractivity contribution is 0.0773. The molecule has 5 heteroatoms. The monoisotopic (exact) mass is 374 g/mol. The van der Waals surface area contributed by atoms with Gasteiger partial charge in [-0.3, -0.25) is 9.69 Å². The highest BCUT2D eigenvalue weighted by molar-refractivity contribution is 6.36. The van der Waals surface area contributed by atoms with Crippen LogP contribution in [0.2, 0.25) is 10.0 Å². The number of likely N-dealkylation sites (tertiary alicyclic amines) is 1. The number of fused-ring (bicyclic) bond motifs is 1. The van der Waals surface area contributed by atoms with Crippen molar-refractivity contribution in [3.8, 4) is 0 Å². The summed E-state index contributed by atoms with van der Waals surface area (Å²) in [5, 5.41) is 0.973. The van der Waals surface area contributed by atoms with Crippen molar-refractivity contribution >= 4 is 29.1 Å². The Balaban J connectivity index is 1.44. The van der Waals surface area contributed by atoms with Crippen LogP contribution in [-0.4, -0.2) is 41.4 Å². The zero-order valence-electron chi connectivity index (χ0n) is 13.9. The maximum absolute atomic E-state index is 12.8. The normalized spacial score (nSPS) is 20.6. The lowest BCUT2D eigenvalue weighted by atomic mass is 9.98. The molecule has 25 heavy (non-hydrogen) atoms. The van der Waals surface area contributed by atoms with Crippen LogP contribution in [0, 0.1) is 0 Å². The van der Waals surface area contributed by atoms with Crippen molar-refractivity contribution in [3.63, 3.8) is 0 Å². The first-order valence-electron chi connectivity index (χ1n) is 8.67. The number of carbonyl (C=O) groups excluding carboxylic acids is 1. The van der Waals surface area contributed by atoms with Crippen LogP contribution < -0.4 is 0 Å². The molecule has 0 N–H and O–H groups in total. The van der Waals surface area contributed by atoms with E-state index in [-0.39, 0.29) is 5.91 Å². The summed E-state index contributed by atoms with van der Waals surface area (Å²) in [6.07, 6.45) is 2.10. The third-order valence-electron chi connectivity index (χ3n) is 5.29. The van der Waals surface area contributed by atoms with Gasteiger partial charge in [-0.2, -0.15) is 0 Å². The van der Waals surface area contributed by atoms with Crippen LogP contribution in [-0.2, 0) is 13.0 Å². The van der Waals surface area contributed by atoms with Gasteiger partial charge in [0.05, 0.1) is 10.6 Å². The third-order valence-corrected chi connectivity index (χ3v) is 5.84. The van der Waals surface area contributed by atoms with Crippen LogP contribution in [0.3, 0.4) is 0 Å². The summed E-state index contributed by atoms with van der Waals surface area (Å²) in [6, 6.07) is 14.1. The topological polar surface area (TPSA) is 23.6 Å². The van der Waals surface area contributed by atoms with Crippen LogP contribution in [0.4, 0.5) is 0 Å². The van der Waals surface area contributed by atoms with E-state index in [0.29, 0.717) is 21.7 Å². The summed E-state index contributed by atoms with van der Waals surface area (Å²) in [5.74, 6) is 0.00146. The molecule has 2 aromatic carbocycles. The van der Waals surface area contributed by atoms with Gasteiger partial charge in [0.2, 0.25) is 0 Å². The number of amides is 1. The zero-order valence-corrected chi connectivity index (χ0v) is 15.4. The van der Waals surface area contributed by atoms with Gasteiger partial charge in [-0.1, -0.05) is 47.5 Å². The van der Waals surface area contributed by atoms with Gasteiger partial charge in [-0.05, 0) is 42.2 Å². The van der Waals surface area contributed by atoms with Gasteiger partial charge in [-0.25, -0.2) is 0 Å². The van der Waals surface area contributed by atoms with Gasteiger partial charge in [0, 0.05) is 37.2 Å². The quantitative estimate of drug-likeness (QED) is 0.783. The van der Waals surface area contributed by atoms with Crippen molar-refractivity contribution in [2.75, 3.05) is 19.6 Å². The number of benzene rings is 2. The minimum Gasteiger partial charge on any atom is -0.337 e.